The Morgan fingerprint density at radius 2 is 1.72 bits per heavy atom. The van der Waals surface area contributed by atoms with Crippen molar-refractivity contribution in [3.05, 3.63) is 70.6 Å². The number of pyridine rings is 1. The van der Waals surface area contributed by atoms with Gasteiger partial charge in [-0.25, -0.2) is 0 Å². The third-order valence-electron chi connectivity index (χ3n) is 8.16. The minimum atomic E-state index is -0.554. The smallest absolute Gasteiger partial charge is 0.256 e. The first kappa shape index (κ1) is 21.5. The molecule has 1 unspecified atom stereocenters. The zero-order chi connectivity index (χ0) is 24.4. The molecule has 182 valence electrons. The zero-order valence-electron chi connectivity index (χ0n) is 20.1. The van der Waals surface area contributed by atoms with Gasteiger partial charge < -0.3 is 9.88 Å². The molecule has 36 heavy (non-hydrogen) atoms. The fourth-order valence-electron chi connectivity index (χ4n) is 5.70. The molecule has 1 aromatic heterocycles. The number of aliphatic imine (C=N–C) groups is 1. The summed E-state index contributed by atoms with van der Waals surface area (Å²) >= 11 is 0. The molecule has 0 radical (unpaired) electrons. The van der Waals surface area contributed by atoms with Crippen molar-refractivity contribution in [3.63, 3.8) is 0 Å². The van der Waals surface area contributed by atoms with Gasteiger partial charge in [0.2, 0.25) is 5.91 Å². The number of nitrogens with zero attached hydrogens (tertiary/aromatic N) is 3. The number of carbonyl (C=O) groups is 2. The van der Waals surface area contributed by atoms with Crippen molar-refractivity contribution in [2.45, 2.75) is 37.6 Å². The minimum absolute atomic E-state index is 0.0882. The van der Waals surface area contributed by atoms with Crippen molar-refractivity contribution in [3.8, 4) is 11.1 Å². The number of amides is 2. The van der Waals surface area contributed by atoms with Crippen molar-refractivity contribution < 1.29 is 9.59 Å². The molecule has 0 bridgehead atoms. The topological polar surface area (TPSA) is 85.8 Å². The lowest BCUT2D eigenvalue weighted by Gasteiger charge is -2.23. The zero-order valence-corrected chi connectivity index (χ0v) is 20.1. The van der Waals surface area contributed by atoms with Gasteiger partial charge in [0.25, 0.3) is 11.5 Å². The summed E-state index contributed by atoms with van der Waals surface area (Å²) in [7, 11) is 0. The summed E-state index contributed by atoms with van der Waals surface area (Å²) in [4.78, 5) is 49.4. The molecule has 2 amide bonds. The van der Waals surface area contributed by atoms with Crippen LogP contribution >= 0.6 is 0 Å². The molecule has 3 fully saturated rings. The maximum atomic E-state index is 13.3. The Morgan fingerprint density at radius 1 is 0.972 bits per heavy atom. The van der Waals surface area contributed by atoms with Gasteiger partial charge in [-0.3, -0.25) is 24.3 Å². The third-order valence-corrected chi connectivity index (χ3v) is 8.16. The van der Waals surface area contributed by atoms with Gasteiger partial charge in [-0.2, -0.15) is 0 Å². The minimum Gasteiger partial charge on any atom is -0.342 e. The van der Waals surface area contributed by atoms with E-state index >= 15 is 0 Å². The van der Waals surface area contributed by atoms with E-state index in [9.17, 15) is 14.4 Å². The highest BCUT2D eigenvalue weighted by Crippen LogP contribution is 2.46. The lowest BCUT2D eigenvalue weighted by Crippen LogP contribution is -2.40. The molecule has 1 saturated heterocycles. The summed E-state index contributed by atoms with van der Waals surface area (Å²) in [5, 5.41) is 1.57. The highest BCUT2D eigenvalue weighted by Gasteiger charge is 2.57. The number of amidine groups is 1. The number of hydrogen-bond acceptors (Lipinski definition) is 4. The largest absolute Gasteiger partial charge is 0.342 e. The lowest BCUT2D eigenvalue weighted by molar-refractivity contribution is -0.131. The number of nitrogens with one attached hydrogen (secondary N) is 1. The second-order valence-corrected chi connectivity index (χ2v) is 10.8. The quantitative estimate of drug-likeness (QED) is 0.606. The molecule has 7 heteroatoms. The molecular weight excluding hydrogens is 452 g/mol. The number of aromatic amines is 1. The van der Waals surface area contributed by atoms with E-state index in [2.05, 4.69) is 17.1 Å². The molecule has 3 heterocycles. The first-order valence-corrected chi connectivity index (χ1v) is 12.9. The highest BCUT2D eigenvalue weighted by atomic mass is 16.2. The number of rotatable bonds is 5. The standard InChI is InChI=1S/C29H28N4O3/c34-26-24-8-7-22(15-23(24)9-13-30-26)19-1-3-20(4-2-19)25-31-29(11-12-29)28(36)33(25)17-18-10-14-32(16-18)27(35)21-5-6-21/h1-4,7-9,13,15,18,21H,5-6,10-12,14,16-17H2,(H,30,34). The number of aromatic nitrogens is 1. The van der Waals surface area contributed by atoms with Gasteiger partial charge >= 0.3 is 0 Å². The number of carbonyl (C=O) groups excluding carboxylic acids is 2. The van der Waals surface area contributed by atoms with E-state index in [-0.39, 0.29) is 23.3 Å². The summed E-state index contributed by atoms with van der Waals surface area (Å²) < 4.78 is 0. The Balaban J connectivity index is 1.13. The van der Waals surface area contributed by atoms with Crippen molar-refractivity contribution in [1.82, 2.24) is 14.8 Å². The average Bonchev–Trinajstić information content (AvgIpc) is 3.82. The van der Waals surface area contributed by atoms with Gasteiger partial charge in [-0.15, -0.1) is 0 Å². The van der Waals surface area contributed by atoms with Gasteiger partial charge in [0, 0.05) is 42.7 Å². The van der Waals surface area contributed by atoms with Crippen LogP contribution in [0.5, 0.6) is 0 Å². The maximum absolute atomic E-state index is 13.3. The van der Waals surface area contributed by atoms with E-state index in [1.165, 1.54) is 0 Å². The molecule has 2 saturated carbocycles. The Kier molecular flexibility index (Phi) is 4.72. The van der Waals surface area contributed by atoms with Crippen molar-refractivity contribution in [1.29, 1.82) is 0 Å². The van der Waals surface area contributed by atoms with E-state index in [0.717, 1.165) is 73.1 Å². The molecule has 2 aliphatic heterocycles. The second-order valence-electron chi connectivity index (χ2n) is 10.8. The van der Waals surface area contributed by atoms with E-state index in [0.29, 0.717) is 17.8 Å². The summed E-state index contributed by atoms with van der Waals surface area (Å²) in [6.07, 6.45) is 6.29. The first-order valence-electron chi connectivity index (χ1n) is 12.9. The molecular formula is C29H28N4O3. The number of fused-ring (bicyclic) bond motifs is 1. The molecule has 2 aromatic carbocycles. The summed E-state index contributed by atoms with van der Waals surface area (Å²) in [6, 6.07) is 15.9. The van der Waals surface area contributed by atoms with Crippen molar-refractivity contribution in [2.75, 3.05) is 19.6 Å². The fourth-order valence-corrected chi connectivity index (χ4v) is 5.70. The normalized spacial score (nSPS) is 22.5. The average molecular weight is 481 g/mol. The number of H-pyrrole nitrogens is 1. The molecule has 1 spiro atoms. The van der Waals surface area contributed by atoms with Crippen molar-refractivity contribution >= 4 is 28.4 Å². The van der Waals surface area contributed by atoms with Gasteiger partial charge in [0.15, 0.2) is 0 Å². The lowest BCUT2D eigenvalue weighted by atomic mass is 10.0. The van der Waals surface area contributed by atoms with E-state index in [1.54, 1.807) is 6.20 Å². The van der Waals surface area contributed by atoms with E-state index < -0.39 is 5.54 Å². The molecule has 1 atom stereocenters. The molecule has 7 nitrogen and oxygen atoms in total. The predicted octanol–water partition coefficient (Wildman–Crippen LogP) is 3.58. The molecule has 2 aliphatic carbocycles. The fraction of sp³-hybridized carbons (Fsp3) is 0.379. The van der Waals surface area contributed by atoms with Crippen LogP contribution in [0, 0.1) is 11.8 Å². The Hall–Kier alpha value is -3.74. The predicted molar refractivity (Wildman–Crippen MR) is 138 cm³/mol. The molecule has 3 aromatic rings. The van der Waals surface area contributed by atoms with Crippen LogP contribution in [-0.2, 0) is 9.59 Å². The second kappa shape index (κ2) is 7.88. The van der Waals surface area contributed by atoms with Gasteiger partial charge in [0.05, 0.1) is 0 Å². The van der Waals surface area contributed by atoms with Crippen LogP contribution < -0.4 is 5.56 Å². The Morgan fingerprint density at radius 3 is 2.47 bits per heavy atom. The van der Waals surface area contributed by atoms with Crippen LogP contribution in [0.3, 0.4) is 0 Å². The first-order chi connectivity index (χ1) is 17.5. The van der Waals surface area contributed by atoms with Crippen LogP contribution in [0.15, 0.2) is 64.5 Å². The van der Waals surface area contributed by atoms with Crippen LogP contribution in [0.1, 0.15) is 37.7 Å². The Bertz CT molecular complexity index is 1480. The molecule has 1 N–H and O–H groups in total. The third kappa shape index (κ3) is 3.56. The molecule has 7 rings (SSSR count). The van der Waals surface area contributed by atoms with Gasteiger partial charge in [-0.05, 0) is 72.7 Å². The summed E-state index contributed by atoms with van der Waals surface area (Å²) in [5.41, 5.74) is 2.38. The number of hydrogen-bond donors (Lipinski definition) is 1. The van der Waals surface area contributed by atoms with Crippen LogP contribution in [0.4, 0.5) is 0 Å². The summed E-state index contributed by atoms with van der Waals surface area (Å²) in [6.45, 7) is 2.16. The maximum Gasteiger partial charge on any atom is 0.256 e. The Labute approximate surface area is 208 Å². The van der Waals surface area contributed by atoms with Crippen LogP contribution in [-0.4, -0.2) is 57.6 Å². The van der Waals surface area contributed by atoms with Gasteiger partial charge in [-0.1, -0.05) is 30.3 Å². The molecule has 4 aliphatic rings. The monoisotopic (exact) mass is 480 g/mol. The van der Waals surface area contributed by atoms with Gasteiger partial charge in [0.1, 0.15) is 11.4 Å². The SMILES string of the molecule is O=C(C1CC1)N1CCC(CN2C(=O)C3(CC3)N=C2c2ccc(-c3ccc4c(=O)[nH]ccc4c3)cc2)C1. The van der Waals surface area contributed by atoms with E-state index in [4.69, 9.17) is 4.99 Å². The number of likely N-dealkylation sites (tertiary alicyclic amines) is 1. The van der Waals surface area contributed by atoms with Crippen LogP contribution in [0.2, 0.25) is 0 Å². The van der Waals surface area contributed by atoms with Crippen molar-refractivity contribution in [2.24, 2.45) is 16.8 Å². The number of benzene rings is 2. The summed E-state index contributed by atoms with van der Waals surface area (Å²) in [5.74, 6) is 1.71. The van der Waals surface area contributed by atoms with Crippen LogP contribution in [0.25, 0.3) is 21.9 Å². The highest BCUT2D eigenvalue weighted by molar-refractivity contribution is 6.16. The van der Waals surface area contributed by atoms with E-state index in [1.807, 2.05) is 46.2 Å².